The predicted molar refractivity (Wildman–Crippen MR) is 132 cm³/mol. The van der Waals surface area contributed by atoms with Gasteiger partial charge in [0.05, 0.1) is 11.8 Å². The highest BCUT2D eigenvalue weighted by Gasteiger charge is 2.39. The topological polar surface area (TPSA) is 74.1 Å². The number of rotatable bonds is 5. The Kier molecular flexibility index (Phi) is 6.22. The summed E-state index contributed by atoms with van der Waals surface area (Å²) in [5, 5.41) is 9.19. The lowest BCUT2D eigenvalue weighted by Crippen LogP contribution is -2.25. The molecule has 0 saturated heterocycles. The van der Waals surface area contributed by atoms with Crippen LogP contribution < -0.4 is 5.32 Å². The number of para-hydroxylation sites is 1. The zero-order chi connectivity index (χ0) is 23.5. The van der Waals surface area contributed by atoms with Crippen molar-refractivity contribution in [2.75, 3.05) is 5.32 Å². The van der Waals surface area contributed by atoms with E-state index in [0.717, 1.165) is 16.8 Å². The van der Waals surface area contributed by atoms with Crippen molar-refractivity contribution >= 4 is 40.1 Å². The molecule has 5 rings (SSSR count). The zero-order valence-electron chi connectivity index (χ0n) is 18.1. The average molecular weight is 473 g/mol. The lowest BCUT2D eigenvalue weighted by molar-refractivity contribution is -0.121. The summed E-state index contributed by atoms with van der Waals surface area (Å²) in [5.74, 6) is -0.901. The molecule has 1 N–H and O–H groups in total. The van der Waals surface area contributed by atoms with Gasteiger partial charge in [-0.3, -0.25) is 9.59 Å². The first-order valence-electron chi connectivity index (χ1n) is 10.9. The number of nitrogens with one attached hydrogen (secondary N) is 1. The Labute approximate surface area is 200 Å². The fourth-order valence-corrected chi connectivity index (χ4v) is 5.01. The molecule has 2 aliphatic rings. The molecular weight excluding hydrogens is 451 g/mol. The molecule has 2 atom stereocenters. The van der Waals surface area contributed by atoms with Gasteiger partial charge < -0.3 is 5.32 Å². The molecule has 2 amide bonds. The van der Waals surface area contributed by atoms with E-state index in [4.69, 9.17) is 5.10 Å². The number of amides is 2. The first-order chi connectivity index (χ1) is 16.6. The van der Waals surface area contributed by atoms with Gasteiger partial charge >= 0.3 is 0 Å². The third-order valence-corrected chi connectivity index (χ3v) is 6.77. The van der Waals surface area contributed by atoms with Crippen molar-refractivity contribution < 1.29 is 14.0 Å². The third kappa shape index (κ3) is 4.77. The highest BCUT2D eigenvalue weighted by molar-refractivity contribution is 8.15. The summed E-state index contributed by atoms with van der Waals surface area (Å²) >= 11 is 1.25. The molecule has 0 aliphatic carbocycles. The summed E-state index contributed by atoms with van der Waals surface area (Å²) in [7, 11) is 0. The molecular formula is C26H21FN4O2S. The second-order valence-electron chi connectivity index (χ2n) is 7.99. The maximum Gasteiger partial charge on any atom is 0.262 e. The second kappa shape index (κ2) is 9.61. The molecule has 0 aromatic heterocycles. The molecule has 6 nitrogen and oxygen atoms in total. The van der Waals surface area contributed by atoms with Gasteiger partial charge in [0, 0.05) is 18.5 Å². The molecule has 0 spiro atoms. The number of aliphatic imine (C=N–C) groups is 1. The van der Waals surface area contributed by atoms with Gasteiger partial charge in [-0.05, 0) is 35.4 Å². The number of halogens is 1. The summed E-state index contributed by atoms with van der Waals surface area (Å²) in [5.41, 5.74) is 3.32. The molecule has 8 heteroatoms. The van der Waals surface area contributed by atoms with Crippen LogP contribution in [0.4, 0.5) is 10.1 Å². The summed E-state index contributed by atoms with van der Waals surface area (Å²) in [6.07, 6.45) is 0.604. The summed E-state index contributed by atoms with van der Waals surface area (Å²) in [6, 6.07) is 25.0. The van der Waals surface area contributed by atoms with E-state index >= 15 is 0 Å². The SMILES string of the molecule is O=C(C[C@@H]1SC(N2N=C(c3ccc(F)cc3)C[C@@H]2c2ccccc2)=NC1=O)Nc1ccccc1. The molecule has 0 bridgehead atoms. The van der Waals surface area contributed by atoms with Gasteiger partial charge in [-0.2, -0.15) is 10.1 Å². The van der Waals surface area contributed by atoms with Crippen molar-refractivity contribution in [1.82, 2.24) is 5.01 Å². The lowest BCUT2D eigenvalue weighted by atomic mass is 9.99. The van der Waals surface area contributed by atoms with E-state index in [0.29, 0.717) is 17.3 Å². The molecule has 170 valence electrons. The quantitative estimate of drug-likeness (QED) is 0.567. The van der Waals surface area contributed by atoms with E-state index in [9.17, 15) is 14.0 Å². The minimum atomic E-state index is -0.611. The molecule has 2 aliphatic heterocycles. The number of thioether (sulfide) groups is 1. The van der Waals surface area contributed by atoms with Gasteiger partial charge in [0.1, 0.15) is 11.1 Å². The van der Waals surface area contributed by atoms with Crippen LogP contribution in [0.2, 0.25) is 0 Å². The standard InChI is InChI=1S/C26H21FN4O2S/c27-19-13-11-17(12-14-19)21-15-22(18-7-3-1-4-8-18)31(30-21)26-29-25(33)23(34-26)16-24(32)28-20-9-5-2-6-10-20/h1-14,22-23H,15-16H2,(H,28,32)/t22-,23+/m1/s1. The first kappa shape index (κ1) is 22.0. The third-order valence-electron chi connectivity index (χ3n) is 5.63. The van der Waals surface area contributed by atoms with Gasteiger partial charge in [0.2, 0.25) is 5.91 Å². The van der Waals surface area contributed by atoms with E-state index in [-0.39, 0.29) is 30.1 Å². The van der Waals surface area contributed by atoms with Crippen molar-refractivity contribution in [2.45, 2.75) is 24.1 Å². The van der Waals surface area contributed by atoms with Crippen LogP contribution in [0.3, 0.4) is 0 Å². The van der Waals surface area contributed by atoms with Gasteiger partial charge in [0.15, 0.2) is 5.17 Å². The Morgan fingerprint density at radius 1 is 1.00 bits per heavy atom. The van der Waals surface area contributed by atoms with Gasteiger partial charge in [-0.1, -0.05) is 72.4 Å². The Bertz CT molecular complexity index is 1260. The molecule has 0 fully saturated rings. The molecule has 0 unspecified atom stereocenters. The van der Waals surface area contributed by atoms with E-state index in [2.05, 4.69) is 10.3 Å². The van der Waals surface area contributed by atoms with Gasteiger partial charge in [0.25, 0.3) is 5.91 Å². The smallest absolute Gasteiger partial charge is 0.262 e. The van der Waals surface area contributed by atoms with Crippen molar-refractivity contribution in [1.29, 1.82) is 0 Å². The predicted octanol–water partition coefficient (Wildman–Crippen LogP) is 5.00. The lowest BCUT2D eigenvalue weighted by Gasteiger charge is -2.23. The number of carbonyl (C=O) groups excluding carboxylic acids is 2. The number of benzene rings is 3. The largest absolute Gasteiger partial charge is 0.326 e. The number of hydrogen-bond donors (Lipinski definition) is 1. The minimum absolute atomic E-state index is 0.0176. The van der Waals surface area contributed by atoms with E-state index in [1.54, 1.807) is 29.3 Å². The maximum absolute atomic E-state index is 13.4. The number of anilines is 1. The van der Waals surface area contributed by atoms with Crippen LogP contribution in [-0.2, 0) is 9.59 Å². The Hall–Kier alpha value is -3.78. The van der Waals surface area contributed by atoms with Crippen LogP contribution in [-0.4, -0.2) is 33.0 Å². The summed E-state index contributed by atoms with van der Waals surface area (Å²) in [6.45, 7) is 0. The number of nitrogens with zero attached hydrogens (tertiary/aromatic N) is 3. The Morgan fingerprint density at radius 2 is 1.68 bits per heavy atom. The van der Waals surface area contributed by atoms with Crippen LogP contribution in [0.25, 0.3) is 0 Å². The average Bonchev–Trinajstić information content (AvgIpc) is 3.45. The van der Waals surface area contributed by atoms with Crippen molar-refractivity contribution in [3.05, 3.63) is 102 Å². The molecule has 34 heavy (non-hydrogen) atoms. The molecule has 2 heterocycles. The van der Waals surface area contributed by atoms with E-state index < -0.39 is 5.25 Å². The zero-order valence-corrected chi connectivity index (χ0v) is 18.9. The number of carbonyl (C=O) groups is 2. The fourth-order valence-electron chi connectivity index (χ4n) is 3.94. The van der Waals surface area contributed by atoms with Crippen molar-refractivity contribution in [3.8, 4) is 0 Å². The number of hydrazone groups is 1. The normalized spacial score (nSPS) is 19.7. The minimum Gasteiger partial charge on any atom is -0.326 e. The van der Waals surface area contributed by atoms with Crippen LogP contribution in [0.15, 0.2) is 95.0 Å². The van der Waals surface area contributed by atoms with Crippen molar-refractivity contribution in [3.63, 3.8) is 0 Å². The van der Waals surface area contributed by atoms with Gasteiger partial charge in [-0.15, -0.1) is 0 Å². The second-order valence-corrected chi connectivity index (χ2v) is 9.16. The molecule has 0 radical (unpaired) electrons. The van der Waals surface area contributed by atoms with Crippen LogP contribution >= 0.6 is 11.8 Å². The Morgan fingerprint density at radius 3 is 2.38 bits per heavy atom. The fraction of sp³-hybridized carbons (Fsp3) is 0.154. The number of hydrogen-bond acceptors (Lipinski definition) is 5. The van der Waals surface area contributed by atoms with Crippen LogP contribution in [0.1, 0.15) is 30.0 Å². The highest BCUT2D eigenvalue weighted by atomic mass is 32.2. The molecule has 3 aromatic rings. The Balaban J connectivity index is 1.35. The monoisotopic (exact) mass is 472 g/mol. The van der Waals surface area contributed by atoms with Crippen LogP contribution in [0, 0.1) is 5.82 Å². The number of amidine groups is 1. The van der Waals surface area contributed by atoms with Crippen LogP contribution in [0.5, 0.6) is 0 Å². The summed E-state index contributed by atoms with van der Waals surface area (Å²) in [4.78, 5) is 29.4. The summed E-state index contributed by atoms with van der Waals surface area (Å²) < 4.78 is 13.4. The molecule has 0 saturated carbocycles. The highest BCUT2D eigenvalue weighted by Crippen LogP contribution is 2.38. The first-order valence-corrected chi connectivity index (χ1v) is 11.8. The van der Waals surface area contributed by atoms with E-state index in [1.165, 1.54) is 23.9 Å². The van der Waals surface area contributed by atoms with E-state index in [1.807, 2.05) is 48.5 Å². The molecule has 3 aromatic carbocycles. The van der Waals surface area contributed by atoms with Crippen molar-refractivity contribution in [2.24, 2.45) is 10.1 Å². The van der Waals surface area contributed by atoms with Gasteiger partial charge in [-0.25, -0.2) is 9.40 Å². The maximum atomic E-state index is 13.4.